The molecule has 0 aromatic carbocycles. The van der Waals surface area contributed by atoms with Crippen molar-refractivity contribution in [3.8, 4) is 0 Å². The number of amides is 1. The van der Waals surface area contributed by atoms with Crippen molar-refractivity contribution in [3.63, 3.8) is 0 Å². The molecule has 2 aliphatic rings. The lowest BCUT2D eigenvalue weighted by atomic mass is 10.1. The average molecular weight is 214 g/mol. The van der Waals surface area contributed by atoms with Crippen LogP contribution in [0.25, 0.3) is 0 Å². The minimum Gasteiger partial charge on any atom is -0.447 e. The van der Waals surface area contributed by atoms with Gasteiger partial charge in [-0.05, 0) is 25.8 Å². The number of hydrogen-bond donors (Lipinski definition) is 2. The van der Waals surface area contributed by atoms with Crippen LogP contribution in [0.3, 0.4) is 0 Å². The van der Waals surface area contributed by atoms with Crippen molar-refractivity contribution < 1.29 is 14.6 Å². The summed E-state index contributed by atoms with van der Waals surface area (Å²) in [6.07, 6.45) is 3.01. The van der Waals surface area contributed by atoms with Gasteiger partial charge in [0.2, 0.25) is 0 Å². The Kier molecular flexibility index (Phi) is 3.43. The number of fused-ring (bicyclic) bond motifs is 1. The maximum atomic E-state index is 11.3. The second-order valence-corrected chi connectivity index (χ2v) is 4.14. The third kappa shape index (κ3) is 2.41. The molecule has 0 radical (unpaired) electrons. The molecule has 0 aliphatic carbocycles. The van der Waals surface area contributed by atoms with Crippen molar-refractivity contribution in [2.45, 2.75) is 31.3 Å². The molecule has 2 aliphatic heterocycles. The Bertz CT molecular complexity index is 235. The van der Waals surface area contributed by atoms with Gasteiger partial charge in [0.15, 0.2) is 0 Å². The van der Waals surface area contributed by atoms with Crippen LogP contribution in [-0.4, -0.2) is 54.5 Å². The van der Waals surface area contributed by atoms with Gasteiger partial charge in [0.1, 0.15) is 6.61 Å². The zero-order valence-corrected chi connectivity index (χ0v) is 8.82. The van der Waals surface area contributed by atoms with Gasteiger partial charge in [-0.15, -0.1) is 0 Å². The van der Waals surface area contributed by atoms with Gasteiger partial charge in [-0.1, -0.05) is 0 Å². The molecule has 0 spiro atoms. The molecule has 2 heterocycles. The number of aliphatic hydroxyl groups excluding tert-OH is 1. The van der Waals surface area contributed by atoms with Gasteiger partial charge in [-0.3, -0.25) is 4.90 Å². The summed E-state index contributed by atoms with van der Waals surface area (Å²) in [4.78, 5) is 13.7. The SMILES string of the molecule is O=C(NC1CCN2CCCC12)OCCO. The lowest BCUT2D eigenvalue weighted by Gasteiger charge is -2.20. The zero-order valence-electron chi connectivity index (χ0n) is 8.82. The molecular formula is C10H18N2O3. The fourth-order valence-electron chi connectivity index (χ4n) is 2.58. The Morgan fingerprint density at radius 3 is 3.13 bits per heavy atom. The predicted octanol–water partition coefficient (Wildman–Crippen LogP) is -0.0584. The number of ether oxygens (including phenoxy) is 1. The topological polar surface area (TPSA) is 61.8 Å². The molecule has 2 rings (SSSR count). The van der Waals surface area contributed by atoms with Crippen molar-refractivity contribution in [1.29, 1.82) is 0 Å². The summed E-state index contributed by atoms with van der Waals surface area (Å²) >= 11 is 0. The summed E-state index contributed by atoms with van der Waals surface area (Å²) in [5.74, 6) is 0. The second-order valence-electron chi connectivity index (χ2n) is 4.14. The second kappa shape index (κ2) is 4.81. The van der Waals surface area contributed by atoms with E-state index in [1.165, 1.54) is 12.8 Å². The van der Waals surface area contributed by atoms with E-state index in [1.54, 1.807) is 0 Å². The lowest BCUT2D eigenvalue weighted by Crippen LogP contribution is -2.42. The van der Waals surface area contributed by atoms with Crippen molar-refractivity contribution in [1.82, 2.24) is 10.2 Å². The Hall–Kier alpha value is -0.810. The quantitative estimate of drug-likeness (QED) is 0.691. The Morgan fingerprint density at radius 1 is 1.47 bits per heavy atom. The molecule has 0 bridgehead atoms. The highest BCUT2D eigenvalue weighted by Crippen LogP contribution is 2.27. The smallest absolute Gasteiger partial charge is 0.407 e. The van der Waals surface area contributed by atoms with Crippen LogP contribution in [0, 0.1) is 0 Å². The van der Waals surface area contributed by atoms with E-state index in [4.69, 9.17) is 9.84 Å². The van der Waals surface area contributed by atoms with Crippen LogP contribution >= 0.6 is 0 Å². The summed E-state index contributed by atoms with van der Waals surface area (Å²) in [7, 11) is 0. The third-order valence-electron chi connectivity index (χ3n) is 3.23. The largest absolute Gasteiger partial charge is 0.447 e. The van der Waals surface area contributed by atoms with Crippen LogP contribution in [0.2, 0.25) is 0 Å². The molecule has 2 saturated heterocycles. The first kappa shape index (κ1) is 10.7. The fourth-order valence-corrected chi connectivity index (χ4v) is 2.58. The molecular weight excluding hydrogens is 196 g/mol. The molecule has 0 aromatic heterocycles. The number of aliphatic hydroxyl groups is 1. The molecule has 2 atom stereocenters. The van der Waals surface area contributed by atoms with E-state index in [1.807, 2.05) is 0 Å². The van der Waals surface area contributed by atoms with Gasteiger partial charge in [0.05, 0.1) is 6.61 Å². The molecule has 86 valence electrons. The van der Waals surface area contributed by atoms with Gasteiger partial charge in [-0.25, -0.2) is 4.79 Å². The van der Waals surface area contributed by atoms with Crippen LogP contribution in [-0.2, 0) is 4.74 Å². The number of carbonyl (C=O) groups is 1. The van der Waals surface area contributed by atoms with Crippen LogP contribution in [0.5, 0.6) is 0 Å². The van der Waals surface area contributed by atoms with Crippen molar-refractivity contribution in [3.05, 3.63) is 0 Å². The summed E-state index contributed by atoms with van der Waals surface area (Å²) in [6.45, 7) is 2.20. The molecule has 5 nitrogen and oxygen atoms in total. The standard InChI is InChI=1S/C10H18N2O3/c13-6-7-15-10(14)11-8-3-5-12-4-1-2-9(8)12/h8-9,13H,1-7H2,(H,11,14). The molecule has 0 saturated carbocycles. The van der Waals surface area contributed by atoms with Crippen LogP contribution in [0.15, 0.2) is 0 Å². The van der Waals surface area contributed by atoms with Crippen molar-refractivity contribution >= 4 is 6.09 Å². The maximum absolute atomic E-state index is 11.3. The van der Waals surface area contributed by atoms with E-state index >= 15 is 0 Å². The maximum Gasteiger partial charge on any atom is 0.407 e. The van der Waals surface area contributed by atoms with Crippen LogP contribution < -0.4 is 5.32 Å². The summed E-state index contributed by atoms with van der Waals surface area (Å²) in [5, 5.41) is 11.4. The normalized spacial score (nSPS) is 30.2. The van der Waals surface area contributed by atoms with Crippen LogP contribution in [0.4, 0.5) is 4.79 Å². The molecule has 2 fully saturated rings. The summed E-state index contributed by atoms with van der Waals surface area (Å²) in [5.41, 5.74) is 0. The summed E-state index contributed by atoms with van der Waals surface area (Å²) in [6, 6.07) is 0.741. The van der Waals surface area contributed by atoms with E-state index in [0.717, 1.165) is 19.5 Å². The molecule has 0 aromatic rings. The van der Waals surface area contributed by atoms with Crippen molar-refractivity contribution in [2.75, 3.05) is 26.3 Å². The first-order valence-corrected chi connectivity index (χ1v) is 5.59. The van der Waals surface area contributed by atoms with Gasteiger partial charge in [0.25, 0.3) is 0 Å². The number of hydrogen-bond acceptors (Lipinski definition) is 4. The third-order valence-corrected chi connectivity index (χ3v) is 3.23. The molecule has 15 heavy (non-hydrogen) atoms. The number of nitrogens with one attached hydrogen (secondary N) is 1. The Morgan fingerprint density at radius 2 is 2.33 bits per heavy atom. The minimum absolute atomic E-state index is 0.0763. The van der Waals surface area contributed by atoms with Gasteiger partial charge >= 0.3 is 6.09 Å². The predicted molar refractivity (Wildman–Crippen MR) is 54.6 cm³/mol. The van der Waals surface area contributed by atoms with Crippen LogP contribution in [0.1, 0.15) is 19.3 Å². The number of rotatable bonds is 3. The van der Waals surface area contributed by atoms with Crippen molar-refractivity contribution in [2.24, 2.45) is 0 Å². The number of alkyl carbamates (subject to hydrolysis) is 1. The highest BCUT2D eigenvalue weighted by molar-refractivity contribution is 5.67. The summed E-state index contributed by atoms with van der Waals surface area (Å²) < 4.78 is 4.78. The highest BCUT2D eigenvalue weighted by atomic mass is 16.6. The van der Waals surface area contributed by atoms with E-state index in [0.29, 0.717) is 6.04 Å². The van der Waals surface area contributed by atoms with Gasteiger partial charge in [-0.2, -0.15) is 0 Å². The molecule has 5 heteroatoms. The average Bonchev–Trinajstić information content (AvgIpc) is 2.80. The first-order chi connectivity index (χ1) is 7.31. The highest BCUT2D eigenvalue weighted by Gasteiger charge is 2.37. The lowest BCUT2D eigenvalue weighted by molar-refractivity contribution is 0.114. The molecule has 2 unspecified atom stereocenters. The monoisotopic (exact) mass is 214 g/mol. The van der Waals surface area contributed by atoms with E-state index in [-0.39, 0.29) is 19.3 Å². The van der Waals surface area contributed by atoms with E-state index in [9.17, 15) is 4.79 Å². The number of nitrogens with zero attached hydrogens (tertiary/aromatic N) is 1. The zero-order chi connectivity index (χ0) is 10.7. The number of carbonyl (C=O) groups excluding carboxylic acids is 1. The Balaban J connectivity index is 1.77. The van der Waals surface area contributed by atoms with E-state index < -0.39 is 6.09 Å². The van der Waals surface area contributed by atoms with Gasteiger partial charge in [0, 0.05) is 18.6 Å². The minimum atomic E-state index is -0.400. The molecule has 2 N–H and O–H groups in total. The Labute approximate surface area is 89.4 Å². The fraction of sp³-hybridized carbons (Fsp3) is 0.900. The molecule has 1 amide bonds. The van der Waals surface area contributed by atoms with Gasteiger partial charge < -0.3 is 15.2 Å². The van der Waals surface area contributed by atoms with E-state index in [2.05, 4.69) is 10.2 Å². The first-order valence-electron chi connectivity index (χ1n) is 5.59.